The molecule has 0 heteroatoms. The second kappa shape index (κ2) is 3.24. The topological polar surface area (TPSA) is 0 Å². The average molecular weight is 166 g/mol. The van der Waals surface area contributed by atoms with Crippen molar-refractivity contribution in [1.82, 2.24) is 0 Å². The van der Waals surface area contributed by atoms with Gasteiger partial charge in [-0.1, -0.05) is 39.3 Å². The Labute approximate surface area is 77.1 Å². The minimum absolute atomic E-state index is 0.401. The molecule has 2 unspecified atom stereocenters. The highest BCUT2D eigenvalue weighted by Crippen LogP contribution is 2.49. The summed E-state index contributed by atoms with van der Waals surface area (Å²) < 4.78 is 0. The fourth-order valence-corrected chi connectivity index (χ4v) is 2.66. The zero-order valence-electron chi connectivity index (χ0n) is 8.98. The smallest absolute Gasteiger partial charge is 0.00706 e. The molecule has 2 atom stereocenters. The van der Waals surface area contributed by atoms with Gasteiger partial charge in [0, 0.05) is 0 Å². The molecule has 0 nitrogen and oxygen atoms in total. The van der Waals surface area contributed by atoms with E-state index in [9.17, 15) is 0 Å². The quantitative estimate of drug-likeness (QED) is 0.516. The Kier molecular flexibility index (Phi) is 2.65. The van der Waals surface area contributed by atoms with Crippen LogP contribution in [0.4, 0.5) is 0 Å². The molecule has 0 aromatic carbocycles. The first-order valence-electron chi connectivity index (χ1n) is 5.15. The summed E-state index contributed by atoms with van der Waals surface area (Å²) in [5.74, 6) is 1.64. The lowest BCUT2D eigenvalue weighted by atomic mass is 9.59. The van der Waals surface area contributed by atoms with Gasteiger partial charge in [-0.3, -0.25) is 0 Å². The normalized spacial score (nSPS) is 42.7. The van der Waals surface area contributed by atoms with Crippen LogP contribution in [0.25, 0.3) is 0 Å². The molecule has 70 valence electrons. The fraction of sp³-hybridized carbons (Fsp3) is 0.833. The van der Waals surface area contributed by atoms with E-state index in [0.717, 1.165) is 11.8 Å². The van der Waals surface area contributed by atoms with E-state index in [1.165, 1.54) is 24.8 Å². The summed E-state index contributed by atoms with van der Waals surface area (Å²) in [5, 5.41) is 0. The lowest BCUT2D eigenvalue weighted by molar-refractivity contribution is 0.103. The third-order valence-electron chi connectivity index (χ3n) is 4.24. The van der Waals surface area contributed by atoms with E-state index in [1.54, 1.807) is 0 Å². The number of allylic oxidation sites excluding steroid dienone is 1. The van der Waals surface area contributed by atoms with E-state index in [0.29, 0.717) is 5.41 Å². The molecule has 0 amide bonds. The molecule has 0 aromatic heterocycles. The molecule has 0 saturated heterocycles. The fourth-order valence-electron chi connectivity index (χ4n) is 2.66. The van der Waals surface area contributed by atoms with Crippen molar-refractivity contribution in [3.63, 3.8) is 0 Å². The van der Waals surface area contributed by atoms with Gasteiger partial charge in [0.15, 0.2) is 0 Å². The maximum Gasteiger partial charge on any atom is -0.00706 e. The van der Waals surface area contributed by atoms with Gasteiger partial charge in [-0.15, -0.1) is 0 Å². The van der Waals surface area contributed by atoms with Crippen molar-refractivity contribution in [1.29, 1.82) is 0 Å². The SMILES string of the molecule is C=C(C)C1(C)C(C)CCCC1C. The van der Waals surface area contributed by atoms with Crippen molar-refractivity contribution in [2.75, 3.05) is 0 Å². The Morgan fingerprint density at radius 2 is 1.67 bits per heavy atom. The van der Waals surface area contributed by atoms with Crippen molar-refractivity contribution in [2.24, 2.45) is 17.3 Å². The molecule has 0 aromatic rings. The van der Waals surface area contributed by atoms with Crippen LogP contribution in [-0.4, -0.2) is 0 Å². The van der Waals surface area contributed by atoms with Gasteiger partial charge in [-0.25, -0.2) is 0 Å². The maximum atomic E-state index is 4.15. The monoisotopic (exact) mass is 166 g/mol. The molecule has 1 saturated carbocycles. The van der Waals surface area contributed by atoms with Crippen LogP contribution in [0, 0.1) is 17.3 Å². The van der Waals surface area contributed by atoms with Gasteiger partial charge < -0.3 is 0 Å². The lowest BCUT2D eigenvalue weighted by Gasteiger charge is -2.45. The standard InChI is InChI=1S/C12H22/c1-9(2)12(5)10(3)7-6-8-11(12)4/h10-11H,1,6-8H2,2-5H3. The molecule has 1 aliphatic carbocycles. The molecular weight excluding hydrogens is 144 g/mol. The Morgan fingerprint density at radius 3 is 1.92 bits per heavy atom. The molecule has 1 rings (SSSR count). The third kappa shape index (κ3) is 1.32. The molecule has 0 N–H and O–H groups in total. The Bertz CT molecular complexity index is 168. The molecular formula is C12H22. The minimum atomic E-state index is 0.401. The first-order chi connectivity index (χ1) is 5.49. The van der Waals surface area contributed by atoms with Crippen molar-refractivity contribution in [2.45, 2.75) is 47.0 Å². The summed E-state index contributed by atoms with van der Waals surface area (Å²) in [5.41, 5.74) is 1.78. The van der Waals surface area contributed by atoms with Crippen LogP contribution in [-0.2, 0) is 0 Å². The van der Waals surface area contributed by atoms with Crippen LogP contribution >= 0.6 is 0 Å². The second-order valence-corrected chi connectivity index (χ2v) is 4.80. The number of hydrogen-bond donors (Lipinski definition) is 0. The second-order valence-electron chi connectivity index (χ2n) is 4.80. The predicted molar refractivity (Wildman–Crippen MR) is 55.1 cm³/mol. The average Bonchev–Trinajstić information content (AvgIpc) is 1.99. The predicted octanol–water partition coefficient (Wildman–Crippen LogP) is 4.02. The van der Waals surface area contributed by atoms with Crippen molar-refractivity contribution in [3.8, 4) is 0 Å². The maximum absolute atomic E-state index is 4.15. The molecule has 0 heterocycles. The first kappa shape index (κ1) is 9.83. The number of rotatable bonds is 1. The van der Waals surface area contributed by atoms with E-state index < -0.39 is 0 Å². The van der Waals surface area contributed by atoms with Gasteiger partial charge in [0.25, 0.3) is 0 Å². The van der Waals surface area contributed by atoms with Crippen LogP contribution in [0.1, 0.15) is 47.0 Å². The molecule has 0 aliphatic heterocycles. The van der Waals surface area contributed by atoms with E-state index >= 15 is 0 Å². The largest absolute Gasteiger partial charge is 0.0996 e. The minimum Gasteiger partial charge on any atom is -0.0996 e. The molecule has 0 radical (unpaired) electrons. The van der Waals surface area contributed by atoms with E-state index in [1.807, 2.05) is 0 Å². The van der Waals surface area contributed by atoms with Crippen LogP contribution in [0.5, 0.6) is 0 Å². The summed E-state index contributed by atoms with van der Waals surface area (Å²) in [4.78, 5) is 0. The summed E-state index contributed by atoms with van der Waals surface area (Å²) in [6, 6.07) is 0. The molecule has 0 bridgehead atoms. The third-order valence-corrected chi connectivity index (χ3v) is 4.24. The van der Waals surface area contributed by atoms with Gasteiger partial charge in [-0.2, -0.15) is 0 Å². The Balaban J connectivity index is 2.87. The van der Waals surface area contributed by atoms with Crippen molar-refractivity contribution >= 4 is 0 Å². The highest BCUT2D eigenvalue weighted by molar-refractivity contribution is 5.11. The molecule has 1 aliphatic rings. The van der Waals surface area contributed by atoms with E-state index in [2.05, 4.69) is 34.3 Å². The van der Waals surface area contributed by atoms with Crippen molar-refractivity contribution < 1.29 is 0 Å². The zero-order chi connectivity index (χ0) is 9.35. The van der Waals surface area contributed by atoms with Gasteiger partial charge in [-0.05, 0) is 37.0 Å². The van der Waals surface area contributed by atoms with Gasteiger partial charge >= 0.3 is 0 Å². The lowest BCUT2D eigenvalue weighted by Crippen LogP contribution is -2.36. The number of hydrogen-bond acceptors (Lipinski definition) is 0. The van der Waals surface area contributed by atoms with Gasteiger partial charge in [0.05, 0.1) is 0 Å². The summed E-state index contributed by atoms with van der Waals surface area (Å²) in [6.45, 7) is 13.5. The first-order valence-corrected chi connectivity index (χ1v) is 5.15. The molecule has 1 fully saturated rings. The van der Waals surface area contributed by atoms with Crippen LogP contribution in [0.3, 0.4) is 0 Å². The summed E-state index contributed by atoms with van der Waals surface area (Å²) >= 11 is 0. The Hall–Kier alpha value is -0.260. The van der Waals surface area contributed by atoms with Gasteiger partial charge in [0.2, 0.25) is 0 Å². The molecule has 12 heavy (non-hydrogen) atoms. The summed E-state index contributed by atoms with van der Waals surface area (Å²) in [7, 11) is 0. The van der Waals surface area contributed by atoms with Crippen LogP contribution < -0.4 is 0 Å². The van der Waals surface area contributed by atoms with Crippen molar-refractivity contribution in [3.05, 3.63) is 12.2 Å². The molecule has 0 spiro atoms. The van der Waals surface area contributed by atoms with Crippen LogP contribution in [0.2, 0.25) is 0 Å². The van der Waals surface area contributed by atoms with E-state index in [-0.39, 0.29) is 0 Å². The zero-order valence-corrected chi connectivity index (χ0v) is 8.98. The van der Waals surface area contributed by atoms with E-state index in [4.69, 9.17) is 0 Å². The van der Waals surface area contributed by atoms with Crippen LogP contribution in [0.15, 0.2) is 12.2 Å². The van der Waals surface area contributed by atoms with Gasteiger partial charge in [0.1, 0.15) is 0 Å². The highest BCUT2D eigenvalue weighted by atomic mass is 14.4. The highest BCUT2D eigenvalue weighted by Gasteiger charge is 2.39. The summed E-state index contributed by atoms with van der Waals surface area (Å²) in [6.07, 6.45) is 4.17. The Morgan fingerprint density at radius 1 is 1.25 bits per heavy atom.